The summed E-state index contributed by atoms with van der Waals surface area (Å²) in [4.78, 5) is 2.69. The minimum Gasteiger partial charge on any atom is -0.348 e. The van der Waals surface area contributed by atoms with Crippen LogP contribution in [0.15, 0.2) is 0 Å². The highest BCUT2D eigenvalue weighted by molar-refractivity contribution is 4.90. The molecule has 3 fully saturated rings. The summed E-state index contributed by atoms with van der Waals surface area (Å²) >= 11 is 0. The van der Waals surface area contributed by atoms with Crippen LogP contribution in [-0.2, 0) is 9.47 Å². The van der Waals surface area contributed by atoms with E-state index < -0.39 is 0 Å². The van der Waals surface area contributed by atoms with Crippen LogP contribution in [0.5, 0.6) is 0 Å². The first kappa shape index (κ1) is 14.8. The maximum Gasteiger partial charge on any atom is 0.168 e. The zero-order chi connectivity index (χ0) is 14.2. The number of ether oxygens (including phenoxy) is 2. The van der Waals surface area contributed by atoms with E-state index in [1.165, 1.54) is 32.1 Å². The number of rotatable bonds is 2. The fourth-order valence-corrected chi connectivity index (χ4v) is 4.77. The van der Waals surface area contributed by atoms with Crippen LogP contribution in [0.2, 0.25) is 0 Å². The molecule has 0 aromatic rings. The molecule has 116 valence electrons. The largest absolute Gasteiger partial charge is 0.348 e. The molecule has 1 heterocycles. The lowest BCUT2D eigenvalue weighted by Gasteiger charge is -2.44. The molecule has 2 aliphatic carbocycles. The molecule has 0 bridgehead atoms. The van der Waals surface area contributed by atoms with E-state index in [0.29, 0.717) is 0 Å². The second kappa shape index (κ2) is 5.94. The average molecular weight is 281 g/mol. The molecule has 3 rings (SSSR count). The van der Waals surface area contributed by atoms with E-state index in [-0.39, 0.29) is 5.79 Å². The molecule has 0 N–H and O–H groups in total. The van der Waals surface area contributed by atoms with Crippen LogP contribution in [0.4, 0.5) is 0 Å². The van der Waals surface area contributed by atoms with Crippen molar-refractivity contribution in [3.8, 4) is 0 Å². The summed E-state index contributed by atoms with van der Waals surface area (Å²) in [5, 5.41) is 0. The minimum absolute atomic E-state index is 0.204. The number of nitrogens with zero attached hydrogens (tertiary/aromatic N) is 1. The molecule has 0 aromatic heterocycles. The Kier molecular flexibility index (Phi) is 4.40. The van der Waals surface area contributed by atoms with Crippen molar-refractivity contribution in [2.24, 2.45) is 11.8 Å². The van der Waals surface area contributed by atoms with Crippen molar-refractivity contribution in [1.82, 2.24) is 4.90 Å². The quantitative estimate of drug-likeness (QED) is 0.774. The van der Waals surface area contributed by atoms with Gasteiger partial charge in [0.2, 0.25) is 0 Å². The molecular weight excluding hydrogens is 250 g/mol. The Morgan fingerprint density at radius 1 is 0.850 bits per heavy atom. The molecule has 3 nitrogen and oxygen atoms in total. The van der Waals surface area contributed by atoms with E-state index in [9.17, 15) is 0 Å². The normalized spacial score (nSPS) is 38.7. The van der Waals surface area contributed by atoms with Crippen molar-refractivity contribution >= 4 is 0 Å². The molecule has 2 saturated carbocycles. The lowest BCUT2D eigenvalue weighted by Crippen LogP contribution is -2.48. The van der Waals surface area contributed by atoms with Crippen molar-refractivity contribution in [3.05, 3.63) is 0 Å². The van der Waals surface area contributed by atoms with Crippen LogP contribution in [0.25, 0.3) is 0 Å². The molecule has 1 saturated heterocycles. The lowest BCUT2D eigenvalue weighted by molar-refractivity contribution is -0.184. The first-order valence-electron chi connectivity index (χ1n) is 8.58. The smallest absolute Gasteiger partial charge is 0.168 e. The third kappa shape index (κ3) is 3.05. The predicted octanol–water partition coefficient (Wildman–Crippen LogP) is 3.43. The Morgan fingerprint density at radius 2 is 1.40 bits per heavy atom. The predicted molar refractivity (Wildman–Crippen MR) is 80.6 cm³/mol. The summed E-state index contributed by atoms with van der Waals surface area (Å²) in [5.74, 6) is 1.58. The van der Waals surface area contributed by atoms with E-state index >= 15 is 0 Å². The van der Waals surface area contributed by atoms with Crippen LogP contribution in [0.3, 0.4) is 0 Å². The van der Waals surface area contributed by atoms with Crippen LogP contribution in [0, 0.1) is 11.8 Å². The average Bonchev–Trinajstić information content (AvgIpc) is 2.86. The third-order valence-corrected chi connectivity index (χ3v) is 5.84. The highest BCUT2D eigenvalue weighted by Gasteiger charge is 2.42. The highest BCUT2D eigenvalue weighted by atomic mass is 16.7. The van der Waals surface area contributed by atoms with E-state index in [4.69, 9.17) is 9.47 Å². The molecular formula is C17H31NO2. The zero-order valence-electron chi connectivity index (χ0n) is 13.4. The fraction of sp³-hybridized carbons (Fsp3) is 1.00. The van der Waals surface area contributed by atoms with Crippen LogP contribution >= 0.6 is 0 Å². The second-order valence-corrected chi connectivity index (χ2v) is 7.58. The molecule has 3 heteroatoms. The van der Waals surface area contributed by atoms with Crippen molar-refractivity contribution in [2.45, 2.75) is 76.7 Å². The summed E-state index contributed by atoms with van der Waals surface area (Å²) in [6, 6.07) is 1.52. The van der Waals surface area contributed by atoms with Gasteiger partial charge in [0.1, 0.15) is 0 Å². The van der Waals surface area contributed by atoms with Gasteiger partial charge in [0, 0.05) is 24.9 Å². The maximum atomic E-state index is 5.85. The standard InChI is InChI=1S/C17H31NO2/c1-13-10-14(2)12-16(11-13)18(3)15-4-6-17(7-5-15)19-8-9-20-17/h13-16H,4-12H2,1-3H3. The van der Waals surface area contributed by atoms with Gasteiger partial charge in [-0.1, -0.05) is 13.8 Å². The Bertz CT molecular complexity index is 307. The lowest BCUT2D eigenvalue weighted by atomic mass is 9.78. The summed E-state index contributed by atoms with van der Waals surface area (Å²) < 4.78 is 11.7. The molecule has 0 radical (unpaired) electrons. The molecule has 2 unspecified atom stereocenters. The zero-order valence-corrected chi connectivity index (χ0v) is 13.4. The van der Waals surface area contributed by atoms with Crippen molar-refractivity contribution in [2.75, 3.05) is 20.3 Å². The molecule has 0 amide bonds. The number of hydrogen-bond donors (Lipinski definition) is 0. The van der Waals surface area contributed by atoms with E-state index in [0.717, 1.165) is 50.0 Å². The topological polar surface area (TPSA) is 21.7 Å². The summed E-state index contributed by atoms with van der Waals surface area (Å²) in [6.45, 7) is 6.43. The molecule has 1 spiro atoms. The Balaban J connectivity index is 1.54. The molecule has 0 aromatic carbocycles. The van der Waals surface area contributed by atoms with Crippen LogP contribution < -0.4 is 0 Å². The first-order chi connectivity index (χ1) is 9.58. The van der Waals surface area contributed by atoms with E-state index in [1.807, 2.05) is 0 Å². The van der Waals surface area contributed by atoms with Gasteiger partial charge in [0.05, 0.1) is 13.2 Å². The SMILES string of the molecule is CC1CC(C)CC(N(C)C2CCC3(CC2)OCCO3)C1. The van der Waals surface area contributed by atoms with Gasteiger partial charge in [-0.3, -0.25) is 0 Å². The monoisotopic (exact) mass is 281 g/mol. The Labute approximate surface area is 124 Å². The van der Waals surface area contributed by atoms with Gasteiger partial charge >= 0.3 is 0 Å². The maximum absolute atomic E-state index is 5.85. The van der Waals surface area contributed by atoms with Crippen molar-refractivity contribution in [1.29, 1.82) is 0 Å². The fourth-order valence-electron chi connectivity index (χ4n) is 4.77. The summed E-state index contributed by atoms with van der Waals surface area (Å²) in [7, 11) is 2.36. The Morgan fingerprint density at radius 3 is 1.95 bits per heavy atom. The van der Waals surface area contributed by atoms with Crippen LogP contribution in [0.1, 0.15) is 58.8 Å². The van der Waals surface area contributed by atoms with Gasteiger partial charge in [0.25, 0.3) is 0 Å². The van der Waals surface area contributed by atoms with Crippen LogP contribution in [-0.4, -0.2) is 43.0 Å². The van der Waals surface area contributed by atoms with Gasteiger partial charge in [-0.05, 0) is 51.0 Å². The summed E-state index contributed by atoms with van der Waals surface area (Å²) in [5.41, 5.74) is 0. The highest BCUT2D eigenvalue weighted by Crippen LogP contribution is 2.39. The molecule has 3 aliphatic rings. The van der Waals surface area contributed by atoms with E-state index in [2.05, 4.69) is 25.8 Å². The first-order valence-corrected chi connectivity index (χ1v) is 8.58. The van der Waals surface area contributed by atoms with Crippen molar-refractivity contribution in [3.63, 3.8) is 0 Å². The van der Waals surface area contributed by atoms with Gasteiger partial charge in [-0.25, -0.2) is 0 Å². The van der Waals surface area contributed by atoms with Gasteiger partial charge in [-0.15, -0.1) is 0 Å². The minimum atomic E-state index is -0.204. The van der Waals surface area contributed by atoms with Crippen molar-refractivity contribution < 1.29 is 9.47 Å². The number of hydrogen-bond acceptors (Lipinski definition) is 3. The second-order valence-electron chi connectivity index (χ2n) is 7.58. The van der Waals surface area contributed by atoms with E-state index in [1.54, 1.807) is 0 Å². The van der Waals surface area contributed by atoms with Gasteiger partial charge in [0.15, 0.2) is 5.79 Å². The third-order valence-electron chi connectivity index (χ3n) is 5.84. The van der Waals surface area contributed by atoms with Gasteiger partial charge < -0.3 is 14.4 Å². The molecule has 20 heavy (non-hydrogen) atoms. The summed E-state index contributed by atoms with van der Waals surface area (Å²) in [6.07, 6.45) is 8.82. The molecule has 2 atom stereocenters. The molecule has 1 aliphatic heterocycles. The Hall–Kier alpha value is -0.120. The van der Waals surface area contributed by atoms with Gasteiger partial charge in [-0.2, -0.15) is 0 Å².